The van der Waals surface area contributed by atoms with Crippen LogP contribution in [0.25, 0.3) is 0 Å². The van der Waals surface area contributed by atoms with E-state index >= 15 is 0 Å². The van der Waals surface area contributed by atoms with E-state index in [1.165, 1.54) is 11.6 Å². The number of halogens is 1. The molecule has 2 aromatic rings. The molecule has 0 amide bonds. The van der Waals surface area contributed by atoms with Gasteiger partial charge in [-0.3, -0.25) is 0 Å². The van der Waals surface area contributed by atoms with Gasteiger partial charge < -0.3 is 5.32 Å². The summed E-state index contributed by atoms with van der Waals surface area (Å²) < 4.78 is 13.5. The molecule has 80 valence electrons. The first-order chi connectivity index (χ1) is 7.84. The van der Waals surface area contributed by atoms with E-state index in [0.29, 0.717) is 0 Å². The van der Waals surface area contributed by atoms with Gasteiger partial charge in [-0.25, -0.2) is 4.39 Å². The summed E-state index contributed by atoms with van der Waals surface area (Å²) >= 11 is 0. The van der Waals surface area contributed by atoms with Crippen molar-refractivity contribution in [2.75, 3.05) is 5.32 Å². The molecule has 0 aromatic heterocycles. The predicted molar refractivity (Wildman–Crippen MR) is 62.9 cm³/mol. The van der Waals surface area contributed by atoms with Gasteiger partial charge in [0, 0.05) is 17.7 Å². The fourth-order valence-corrected chi connectivity index (χ4v) is 2.23. The van der Waals surface area contributed by atoms with Gasteiger partial charge in [0.1, 0.15) is 5.82 Å². The summed E-state index contributed by atoms with van der Waals surface area (Å²) in [5.41, 5.74) is 2.93. The monoisotopic (exact) mass is 213 g/mol. The lowest BCUT2D eigenvalue weighted by molar-refractivity contribution is 0.610. The van der Waals surface area contributed by atoms with Gasteiger partial charge >= 0.3 is 0 Å². The highest BCUT2D eigenvalue weighted by Gasteiger charge is 2.23. The number of rotatable bonds is 1. The summed E-state index contributed by atoms with van der Waals surface area (Å²) in [4.78, 5) is 0. The maximum absolute atomic E-state index is 13.5. The SMILES string of the molecule is Fc1cccc2c1C[C@H](c1ccccc1)N2. The summed E-state index contributed by atoms with van der Waals surface area (Å²) in [7, 11) is 0. The molecule has 0 radical (unpaired) electrons. The van der Waals surface area contributed by atoms with Crippen molar-refractivity contribution in [2.24, 2.45) is 0 Å². The van der Waals surface area contributed by atoms with Gasteiger partial charge in [-0.2, -0.15) is 0 Å². The minimum Gasteiger partial charge on any atom is -0.378 e. The first-order valence-corrected chi connectivity index (χ1v) is 5.43. The molecule has 0 saturated carbocycles. The van der Waals surface area contributed by atoms with Crippen LogP contribution in [0, 0.1) is 5.82 Å². The standard InChI is InChI=1S/C14H12FN/c15-12-7-4-8-13-11(12)9-14(16-13)10-5-2-1-3-6-10/h1-8,14,16H,9H2/t14-/m1/s1. The van der Waals surface area contributed by atoms with Crippen LogP contribution < -0.4 is 5.32 Å². The van der Waals surface area contributed by atoms with Crippen molar-refractivity contribution < 1.29 is 4.39 Å². The van der Waals surface area contributed by atoms with Crippen LogP contribution in [-0.2, 0) is 6.42 Å². The third-order valence-corrected chi connectivity index (χ3v) is 3.06. The Morgan fingerprint density at radius 3 is 2.56 bits per heavy atom. The number of nitrogens with one attached hydrogen (secondary N) is 1. The van der Waals surface area contributed by atoms with Gasteiger partial charge in [-0.1, -0.05) is 36.4 Å². The summed E-state index contributed by atoms with van der Waals surface area (Å²) in [6.07, 6.45) is 0.728. The summed E-state index contributed by atoms with van der Waals surface area (Å²) in [5.74, 6) is -0.108. The van der Waals surface area contributed by atoms with E-state index in [4.69, 9.17) is 0 Å². The predicted octanol–water partition coefficient (Wildman–Crippen LogP) is 3.54. The molecule has 3 rings (SSSR count). The van der Waals surface area contributed by atoms with E-state index in [1.54, 1.807) is 6.07 Å². The van der Waals surface area contributed by atoms with Gasteiger partial charge in [0.15, 0.2) is 0 Å². The largest absolute Gasteiger partial charge is 0.378 e. The first-order valence-electron chi connectivity index (χ1n) is 5.43. The second-order valence-corrected chi connectivity index (χ2v) is 4.08. The Labute approximate surface area is 93.9 Å². The van der Waals surface area contributed by atoms with Crippen LogP contribution in [-0.4, -0.2) is 0 Å². The molecule has 0 aliphatic carbocycles. The molecule has 1 atom stereocenters. The topological polar surface area (TPSA) is 12.0 Å². The molecule has 0 bridgehead atoms. The fourth-order valence-electron chi connectivity index (χ4n) is 2.23. The minimum atomic E-state index is -0.108. The van der Waals surface area contributed by atoms with Crippen molar-refractivity contribution in [1.29, 1.82) is 0 Å². The Morgan fingerprint density at radius 2 is 1.81 bits per heavy atom. The second-order valence-electron chi connectivity index (χ2n) is 4.08. The molecular formula is C14H12FN. The molecule has 16 heavy (non-hydrogen) atoms. The molecular weight excluding hydrogens is 201 g/mol. The van der Waals surface area contributed by atoms with Crippen molar-refractivity contribution in [3.05, 3.63) is 65.5 Å². The first kappa shape index (κ1) is 9.40. The third-order valence-electron chi connectivity index (χ3n) is 3.06. The van der Waals surface area contributed by atoms with Crippen molar-refractivity contribution in [3.8, 4) is 0 Å². The summed E-state index contributed by atoms with van der Waals surface area (Å²) in [6.45, 7) is 0. The van der Waals surface area contributed by atoms with Gasteiger partial charge in [0.2, 0.25) is 0 Å². The van der Waals surface area contributed by atoms with E-state index in [9.17, 15) is 4.39 Å². The fraction of sp³-hybridized carbons (Fsp3) is 0.143. The third kappa shape index (κ3) is 1.47. The van der Waals surface area contributed by atoms with E-state index < -0.39 is 0 Å². The highest BCUT2D eigenvalue weighted by Crippen LogP contribution is 2.35. The van der Waals surface area contributed by atoms with Crippen LogP contribution in [0.3, 0.4) is 0 Å². The Balaban J connectivity index is 1.94. The van der Waals surface area contributed by atoms with Crippen molar-refractivity contribution in [1.82, 2.24) is 0 Å². The Morgan fingerprint density at radius 1 is 1.00 bits per heavy atom. The van der Waals surface area contributed by atoms with Crippen LogP contribution >= 0.6 is 0 Å². The number of anilines is 1. The zero-order valence-corrected chi connectivity index (χ0v) is 8.78. The van der Waals surface area contributed by atoms with E-state index in [-0.39, 0.29) is 11.9 Å². The quantitative estimate of drug-likeness (QED) is 0.764. The number of hydrogen-bond donors (Lipinski definition) is 1. The van der Waals surface area contributed by atoms with E-state index in [0.717, 1.165) is 17.7 Å². The molecule has 1 aliphatic rings. The van der Waals surface area contributed by atoms with Crippen molar-refractivity contribution in [2.45, 2.75) is 12.5 Å². The lowest BCUT2D eigenvalue weighted by Gasteiger charge is -2.10. The summed E-state index contributed by atoms with van der Waals surface area (Å²) in [5, 5.41) is 3.35. The zero-order valence-electron chi connectivity index (χ0n) is 8.78. The second kappa shape index (κ2) is 3.63. The van der Waals surface area contributed by atoms with Crippen LogP contribution in [0.15, 0.2) is 48.5 Å². The maximum Gasteiger partial charge on any atom is 0.128 e. The molecule has 1 nitrogen and oxygen atoms in total. The smallest absolute Gasteiger partial charge is 0.128 e. The van der Waals surface area contributed by atoms with Crippen molar-refractivity contribution >= 4 is 5.69 Å². The van der Waals surface area contributed by atoms with Crippen molar-refractivity contribution in [3.63, 3.8) is 0 Å². The highest BCUT2D eigenvalue weighted by molar-refractivity contribution is 5.58. The Kier molecular flexibility index (Phi) is 2.13. The highest BCUT2D eigenvalue weighted by atomic mass is 19.1. The molecule has 1 heterocycles. The Hall–Kier alpha value is -1.83. The number of fused-ring (bicyclic) bond motifs is 1. The van der Waals surface area contributed by atoms with Gasteiger partial charge in [-0.05, 0) is 17.7 Å². The van der Waals surface area contributed by atoms with Crippen LogP contribution in [0.4, 0.5) is 10.1 Å². The zero-order chi connectivity index (χ0) is 11.0. The van der Waals surface area contributed by atoms with Crippen LogP contribution in [0.1, 0.15) is 17.2 Å². The molecule has 0 saturated heterocycles. The van der Waals surface area contributed by atoms with E-state index in [2.05, 4.69) is 17.4 Å². The maximum atomic E-state index is 13.5. The molecule has 2 heteroatoms. The average Bonchev–Trinajstić information content (AvgIpc) is 2.76. The van der Waals surface area contributed by atoms with Gasteiger partial charge in [0.05, 0.1) is 6.04 Å². The minimum absolute atomic E-state index is 0.108. The molecule has 2 aromatic carbocycles. The molecule has 0 unspecified atom stereocenters. The van der Waals surface area contributed by atoms with Gasteiger partial charge in [-0.15, -0.1) is 0 Å². The number of benzene rings is 2. The molecule has 0 fully saturated rings. The van der Waals surface area contributed by atoms with Crippen LogP contribution in [0.2, 0.25) is 0 Å². The molecule has 1 aliphatic heterocycles. The van der Waals surface area contributed by atoms with Crippen LogP contribution in [0.5, 0.6) is 0 Å². The average molecular weight is 213 g/mol. The molecule has 1 N–H and O–H groups in total. The molecule has 0 spiro atoms. The summed E-state index contributed by atoms with van der Waals surface area (Å²) in [6, 6.07) is 15.6. The van der Waals surface area contributed by atoms with Gasteiger partial charge in [0.25, 0.3) is 0 Å². The van der Waals surface area contributed by atoms with E-state index in [1.807, 2.05) is 24.3 Å². The Bertz CT molecular complexity index is 507. The number of hydrogen-bond acceptors (Lipinski definition) is 1. The lowest BCUT2D eigenvalue weighted by Crippen LogP contribution is -2.04. The lowest BCUT2D eigenvalue weighted by atomic mass is 10.0. The normalized spacial score (nSPS) is 17.9.